The Labute approximate surface area is 146 Å². The number of rotatable bonds is 3. The van der Waals surface area contributed by atoms with E-state index in [-0.39, 0.29) is 10.7 Å². The lowest BCUT2D eigenvalue weighted by Crippen LogP contribution is -2.29. The van der Waals surface area contributed by atoms with Crippen molar-refractivity contribution in [3.05, 3.63) is 59.7 Å². The van der Waals surface area contributed by atoms with Crippen LogP contribution in [0, 0.1) is 0 Å². The second-order valence-electron chi connectivity index (χ2n) is 6.34. The quantitative estimate of drug-likeness (QED) is 0.817. The van der Waals surface area contributed by atoms with E-state index in [0.717, 1.165) is 0 Å². The Hall–Kier alpha value is -2.64. The highest BCUT2D eigenvalue weighted by Gasteiger charge is 2.42. The molecule has 25 heavy (non-hydrogen) atoms. The molecule has 3 rings (SSSR count). The Morgan fingerprint density at radius 2 is 1.64 bits per heavy atom. The summed E-state index contributed by atoms with van der Waals surface area (Å²) in [6.07, 6.45) is 0. The lowest BCUT2D eigenvalue weighted by Gasteiger charge is -2.17. The largest absolute Gasteiger partial charge is 0.478 e. The number of hydrogen-bond donors (Lipinski definition) is 2. The van der Waals surface area contributed by atoms with Crippen LogP contribution >= 0.6 is 0 Å². The molecule has 0 aliphatic carbocycles. The van der Waals surface area contributed by atoms with E-state index in [9.17, 15) is 13.2 Å². The van der Waals surface area contributed by atoms with Crippen molar-refractivity contribution in [1.82, 2.24) is 0 Å². The molecule has 2 aromatic carbocycles. The molecule has 0 aromatic heterocycles. The molecule has 4 N–H and O–H groups in total. The first kappa shape index (κ1) is 17.2. The fourth-order valence-electron chi connectivity index (χ4n) is 2.71. The molecule has 0 saturated heterocycles. The van der Waals surface area contributed by atoms with Crippen LogP contribution in [-0.4, -0.2) is 19.8 Å². The average molecular weight is 358 g/mol. The number of Topliss-reactive ketones (excluding diaryl/α,β-unsaturated/α-hetero) is 1. The molecule has 0 fully saturated rings. The molecule has 1 heterocycles. The van der Waals surface area contributed by atoms with Crippen LogP contribution in [0.5, 0.6) is 0 Å². The van der Waals surface area contributed by atoms with Crippen molar-refractivity contribution in [1.29, 1.82) is 0 Å². The summed E-state index contributed by atoms with van der Waals surface area (Å²) in [6, 6.07) is 12.9. The van der Waals surface area contributed by atoms with Gasteiger partial charge >= 0.3 is 0 Å². The van der Waals surface area contributed by atoms with Gasteiger partial charge in [0.15, 0.2) is 5.60 Å². The van der Waals surface area contributed by atoms with Crippen LogP contribution in [0.1, 0.15) is 25.0 Å². The molecule has 0 spiro atoms. The minimum absolute atomic E-state index is 0.00839. The topological polar surface area (TPSA) is 112 Å². The predicted molar refractivity (Wildman–Crippen MR) is 95.7 cm³/mol. The van der Waals surface area contributed by atoms with Gasteiger partial charge in [-0.3, -0.25) is 4.79 Å². The number of carbonyl (C=O) groups is 1. The van der Waals surface area contributed by atoms with Crippen LogP contribution in [0.25, 0.3) is 11.3 Å². The number of ketones is 1. The average Bonchev–Trinajstić information content (AvgIpc) is 2.77. The van der Waals surface area contributed by atoms with Crippen LogP contribution < -0.4 is 10.9 Å². The molecule has 130 valence electrons. The number of carbonyl (C=O) groups excluding carboxylic acids is 1. The van der Waals surface area contributed by atoms with Gasteiger partial charge in [-0.05, 0) is 55.8 Å². The Morgan fingerprint density at radius 3 is 2.20 bits per heavy atom. The number of nitrogen functional groups attached to an aromatic ring is 1. The first-order valence-corrected chi connectivity index (χ1v) is 9.11. The predicted octanol–water partition coefficient (Wildman–Crippen LogP) is 2.16. The van der Waals surface area contributed by atoms with Crippen molar-refractivity contribution in [3.63, 3.8) is 0 Å². The number of ether oxygens (including phenoxy) is 1. The molecule has 7 heteroatoms. The van der Waals surface area contributed by atoms with Crippen molar-refractivity contribution < 1.29 is 17.9 Å². The first-order chi connectivity index (χ1) is 11.6. The van der Waals surface area contributed by atoms with Crippen molar-refractivity contribution in [3.8, 4) is 0 Å². The van der Waals surface area contributed by atoms with Crippen LogP contribution in [0.15, 0.2) is 53.4 Å². The molecule has 0 saturated carbocycles. The SMILES string of the molecule is CC1(C)OC(c2ccc(S(N)(=O)=O)cc2)=C(c2cccc(N)c2)C1=O. The molecule has 2 aromatic rings. The van der Waals surface area contributed by atoms with E-state index < -0.39 is 15.6 Å². The zero-order valence-corrected chi connectivity index (χ0v) is 14.6. The smallest absolute Gasteiger partial charge is 0.238 e. The van der Waals surface area contributed by atoms with Gasteiger partial charge in [-0.15, -0.1) is 0 Å². The highest BCUT2D eigenvalue weighted by Crippen LogP contribution is 2.41. The van der Waals surface area contributed by atoms with Gasteiger partial charge in [0.25, 0.3) is 0 Å². The number of benzene rings is 2. The number of nitrogens with two attached hydrogens (primary N) is 2. The lowest BCUT2D eigenvalue weighted by atomic mass is 9.92. The van der Waals surface area contributed by atoms with E-state index in [1.54, 1.807) is 50.2 Å². The molecule has 0 radical (unpaired) electrons. The Kier molecular flexibility index (Phi) is 3.93. The second kappa shape index (κ2) is 5.72. The summed E-state index contributed by atoms with van der Waals surface area (Å²) in [4.78, 5) is 12.8. The third kappa shape index (κ3) is 3.16. The Morgan fingerprint density at radius 1 is 1.00 bits per heavy atom. The van der Waals surface area contributed by atoms with Crippen LogP contribution in [0.2, 0.25) is 0 Å². The first-order valence-electron chi connectivity index (χ1n) is 7.57. The van der Waals surface area contributed by atoms with Crippen molar-refractivity contribution >= 4 is 32.8 Å². The van der Waals surface area contributed by atoms with Gasteiger partial charge in [-0.1, -0.05) is 12.1 Å². The van der Waals surface area contributed by atoms with E-state index in [1.807, 2.05) is 0 Å². The molecule has 0 bridgehead atoms. The molecule has 1 aliphatic heterocycles. The fourth-order valence-corrected chi connectivity index (χ4v) is 3.23. The summed E-state index contributed by atoms with van der Waals surface area (Å²) in [7, 11) is -3.79. The van der Waals surface area contributed by atoms with Crippen molar-refractivity contribution in [2.45, 2.75) is 24.3 Å². The van der Waals surface area contributed by atoms with E-state index >= 15 is 0 Å². The molecule has 0 amide bonds. The van der Waals surface area contributed by atoms with Crippen LogP contribution in [0.3, 0.4) is 0 Å². The molecule has 0 unspecified atom stereocenters. The molecule has 0 atom stereocenters. The normalized spacial score (nSPS) is 16.8. The summed E-state index contributed by atoms with van der Waals surface area (Å²) in [5.41, 5.74) is 7.01. The van der Waals surface area contributed by atoms with E-state index in [4.69, 9.17) is 15.6 Å². The summed E-state index contributed by atoms with van der Waals surface area (Å²) in [5.74, 6) is 0.227. The maximum Gasteiger partial charge on any atom is 0.238 e. The Bertz CT molecular complexity index is 990. The third-order valence-corrected chi connectivity index (χ3v) is 4.91. The molecule has 6 nitrogen and oxygen atoms in total. The number of sulfonamides is 1. The molecular formula is C18H18N2O4S. The lowest BCUT2D eigenvalue weighted by molar-refractivity contribution is -0.125. The highest BCUT2D eigenvalue weighted by atomic mass is 32.2. The van der Waals surface area contributed by atoms with E-state index in [0.29, 0.717) is 28.1 Å². The molecule has 1 aliphatic rings. The van der Waals surface area contributed by atoms with Gasteiger partial charge in [0.1, 0.15) is 5.76 Å². The Balaban J connectivity index is 2.17. The summed E-state index contributed by atoms with van der Waals surface area (Å²) in [6.45, 7) is 3.38. The number of anilines is 1. The fraction of sp³-hybridized carbons (Fsp3) is 0.167. The standard InChI is InChI=1S/C18H18N2O4S/c1-18(2)17(21)15(12-4-3-5-13(19)10-12)16(24-18)11-6-8-14(9-7-11)25(20,22)23/h3-10H,19H2,1-2H3,(H2,20,22,23). The third-order valence-electron chi connectivity index (χ3n) is 3.98. The van der Waals surface area contributed by atoms with Gasteiger partial charge in [0.05, 0.1) is 10.5 Å². The minimum atomic E-state index is -3.79. The number of primary sulfonamides is 1. The van der Waals surface area contributed by atoms with Crippen molar-refractivity contribution in [2.75, 3.05) is 5.73 Å². The van der Waals surface area contributed by atoms with Gasteiger partial charge in [0, 0.05) is 11.3 Å². The van der Waals surface area contributed by atoms with Crippen LogP contribution in [-0.2, 0) is 19.6 Å². The van der Waals surface area contributed by atoms with Crippen molar-refractivity contribution in [2.24, 2.45) is 5.14 Å². The van der Waals surface area contributed by atoms with Gasteiger partial charge in [-0.25, -0.2) is 13.6 Å². The maximum absolute atomic E-state index is 12.8. The zero-order chi connectivity index (χ0) is 18.4. The van der Waals surface area contributed by atoms with E-state index in [2.05, 4.69) is 0 Å². The highest BCUT2D eigenvalue weighted by molar-refractivity contribution is 7.89. The minimum Gasteiger partial charge on any atom is -0.478 e. The monoisotopic (exact) mass is 358 g/mol. The van der Waals surface area contributed by atoms with Gasteiger partial charge in [-0.2, -0.15) is 0 Å². The number of hydrogen-bond acceptors (Lipinski definition) is 5. The maximum atomic E-state index is 12.8. The zero-order valence-electron chi connectivity index (χ0n) is 13.8. The van der Waals surface area contributed by atoms with Gasteiger partial charge < -0.3 is 10.5 Å². The van der Waals surface area contributed by atoms with Crippen LogP contribution in [0.4, 0.5) is 5.69 Å². The van der Waals surface area contributed by atoms with E-state index in [1.165, 1.54) is 12.1 Å². The van der Waals surface area contributed by atoms with Gasteiger partial charge in [0.2, 0.25) is 15.8 Å². The summed E-state index contributed by atoms with van der Waals surface area (Å²) >= 11 is 0. The summed E-state index contributed by atoms with van der Waals surface area (Å²) < 4.78 is 28.7. The molecular weight excluding hydrogens is 340 g/mol. The second-order valence-corrected chi connectivity index (χ2v) is 7.90. The summed E-state index contributed by atoms with van der Waals surface area (Å²) in [5, 5.41) is 5.12.